The molecule has 1 atom stereocenters. The van der Waals surface area contributed by atoms with Crippen LogP contribution in [0.2, 0.25) is 0 Å². The van der Waals surface area contributed by atoms with E-state index in [9.17, 15) is 4.79 Å². The fourth-order valence-electron chi connectivity index (χ4n) is 2.09. The van der Waals surface area contributed by atoms with E-state index in [1.54, 1.807) is 0 Å². The number of rotatable bonds is 3. The first kappa shape index (κ1) is 10.4. The summed E-state index contributed by atoms with van der Waals surface area (Å²) in [6.45, 7) is 5.39. The van der Waals surface area contributed by atoms with Crippen LogP contribution in [-0.2, 0) is 0 Å². The molecule has 0 saturated carbocycles. The van der Waals surface area contributed by atoms with E-state index in [2.05, 4.69) is 16.8 Å². The molecule has 0 amide bonds. The number of piperidine rings is 1. The van der Waals surface area contributed by atoms with Crippen molar-refractivity contribution in [3.63, 3.8) is 0 Å². The van der Waals surface area contributed by atoms with Crippen molar-refractivity contribution < 1.29 is 9.21 Å². The van der Waals surface area contributed by atoms with Crippen molar-refractivity contribution in [1.82, 2.24) is 9.88 Å². The number of hydrogen-bond acceptors (Lipinski definition) is 4. The zero-order chi connectivity index (χ0) is 10.7. The van der Waals surface area contributed by atoms with Gasteiger partial charge in [-0.3, -0.25) is 4.79 Å². The van der Waals surface area contributed by atoms with E-state index in [1.807, 2.05) is 0 Å². The molecule has 2 rings (SSSR count). The van der Waals surface area contributed by atoms with Gasteiger partial charge in [-0.1, -0.05) is 6.92 Å². The fraction of sp³-hybridized carbons (Fsp3) is 0.636. The second kappa shape index (κ2) is 4.57. The Morgan fingerprint density at radius 1 is 1.73 bits per heavy atom. The predicted molar refractivity (Wildman–Crippen MR) is 56.0 cm³/mol. The quantitative estimate of drug-likeness (QED) is 0.709. The fourth-order valence-corrected chi connectivity index (χ4v) is 2.09. The summed E-state index contributed by atoms with van der Waals surface area (Å²) in [5, 5.41) is 0. The molecule has 0 N–H and O–H groups in total. The van der Waals surface area contributed by atoms with Crippen LogP contribution in [0.15, 0.2) is 10.7 Å². The highest BCUT2D eigenvalue weighted by molar-refractivity contribution is 5.70. The molecule has 1 unspecified atom stereocenters. The Labute approximate surface area is 89.3 Å². The van der Waals surface area contributed by atoms with Gasteiger partial charge < -0.3 is 9.32 Å². The second-order valence-electron chi connectivity index (χ2n) is 3.96. The smallest absolute Gasteiger partial charge is 0.199 e. The van der Waals surface area contributed by atoms with Gasteiger partial charge in [0, 0.05) is 12.5 Å². The molecule has 0 aliphatic carbocycles. The molecule has 1 aliphatic rings. The van der Waals surface area contributed by atoms with E-state index in [4.69, 9.17) is 4.42 Å². The molecular weight excluding hydrogens is 192 g/mol. The maximum atomic E-state index is 10.5. The number of likely N-dealkylation sites (tertiary alicyclic amines) is 1. The molecule has 1 fully saturated rings. The minimum Gasteiger partial charge on any atom is -0.448 e. The number of carbonyl (C=O) groups is 1. The van der Waals surface area contributed by atoms with Crippen LogP contribution in [0.1, 0.15) is 42.1 Å². The molecule has 1 saturated heterocycles. The number of hydrogen-bond donors (Lipinski definition) is 0. The van der Waals surface area contributed by atoms with Gasteiger partial charge in [0.15, 0.2) is 12.2 Å². The highest BCUT2D eigenvalue weighted by Crippen LogP contribution is 2.25. The summed E-state index contributed by atoms with van der Waals surface area (Å²) < 4.78 is 5.32. The van der Waals surface area contributed by atoms with Crippen LogP contribution < -0.4 is 0 Å². The van der Waals surface area contributed by atoms with E-state index in [0.29, 0.717) is 11.6 Å². The van der Waals surface area contributed by atoms with Gasteiger partial charge in [0.05, 0.1) is 0 Å². The van der Waals surface area contributed by atoms with E-state index in [1.165, 1.54) is 12.7 Å². The van der Waals surface area contributed by atoms with E-state index in [-0.39, 0.29) is 0 Å². The molecule has 4 heteroatoms. The lowest BCUT2D eigenvalue weighted by Gasteiger charge is -2.29. The third kappa shape index (κ3) is 2.26. The third-order valence-electron chi connectivity index (χ3n) is 2.96. The van der Waals surface area contributed by atoms with Crippen molar-refractivity contribution in [3.8, 4) is 0 Å². The van der Waals surface area contributed by atoms with E-state index >= 15 is 0 Å². The van der Waals surface area contributed by atoms with Gasteiger partial charge in [0.25, 0.3) is 0 Å². The molecular formula is C11H16N2O2. The monoisotopic (exact) mass is 208 g/mol. The Morgan fingerprint density at radius 3 is 3.27 bits per heavy atom. The Balaban J connectivity index is 2.06. The summed E-state index contributed by atoms with van der Waals surface area (Å²) in [6.07, 6.45) is 4.45. The Hall–Kier alpha value is -1.16. The van der Waals surface area contributed by atoms with Gasteiger partial charge in [-0.25, -0.2) is 4.98 Å². The minimum atomic E-state index is 0.354. The lowest BCUT2D eigenvalue weighted by atomic mass is 9.98. The first-order valence-corrected chi connectivity index (χ1v) is 5.46. The number of likely N-dealkylation sites (N-methyl/N-ethyl adjacent to an activating group) is 1. The van der Waals surface area contributed by atoms with Gasteiger partial charge >= 0.3 is 0 Å². The largest absolute Gasteiger partial charge is 0.448 e. The lowest BCUT2D eigenvalue weighted by molar-refractivity contribution is 0.111. The summed E-state index contributed by atoms with van der Waals surface area (Å²) in [4.78, 5) is 17.0. The molecule has 0 aromatic carbocycles. The molecule has 2 heterocycles. The Kier molecular flexibility index (Phi) is 3.16. The number of nitrogens with zero attached hydrogens (tertiary/aromatic N) is 2. The summed E-state index contributed by atoms with van der Waals surface area (Å²) in [5.41, 5.74) is 0.402. The van der Waals surface area contributed by atoms with Gasteiger partial charge in [-0.15, -0.1) is 0 Å². The molecule has 0 radical (unpaired) electrons. The normalized spacial score (nSPS) is 22.9. The van der Waals surface area contributed by atoms with Crippen LogP contribution in [-0.4, -0.2) is 35.8 Å². The van der Waals surface area contributed by atoms with Gasteiger partial charge in [0.2, 0.25) is 0 Å². The number of carbonyl (C=O) groups excluding carboxylic acids is 1. The van der Waals surface area contributed by atoms with Crippen molar-refractivity contribution >= 4 is 6.29 Å². The van der Waals surface area contributed by atoms with Crippen LogP contribution >= 0.6 is 0 Å². The molecule has 0 spiro atoms. The number of aromatic nitrogens is 1. The second-order valence-corrected chi connectivity index (χ2v) is 3.96. The van der Waals surface area contributed by atoms with Gasteiger partial charge in [-0.05, 0) is 25.9 Å². The SMILES string of the molecule is CCN1CCCC(c2nc(C=O)co2)C1. The first-order chi connectivity index (χ1) is 7.33. The highest BCUT2D eigenvalue weighted by atomic mass is 16.3. The third-order valence-corrected chi connectivity index (χ3v) is 2.96. The van der Waals surface area contributed by atoms with Gasteiger partial charge in [0.1, 0.15) is 12.0 Å². The van der Waals surface area contributed by atoms with Crippen LogP contribution in [0.4, 0.5) is 0 Å². The minimum absolute atomic E-state index is 0.354. The molecule has 82 valence electrons. The van der Waals surface area contributed by atoms with Gasteiger partial charge in [-0.2, -0.15) is 0 Å². The predicted octanol–water partition coefficient (Wildman–Crippen LogP) is 1.69. The highest BCUT2D eigenvalue weighted by Gasteiger charge is 2.23. The molecule has 0 bridgehead atoms. The number of aldehydes is 1. The van der Waals surface area contributed by atoms with Crippen molar-refractivity contribution in [3.05, 3.63) is 17.8 Å². The van der Waals surface area contributed by atoms with E-state index in [0.717, 1.165) is 38.2 Å². The topological polar surface area (TPSA) is 46.3 Å². The summed E-state index contributed by atoms with van der Waals surface area (Å²) in [5.74, 6) is 1.07. The van der Waals surface area contributed by atoms with Crippen LogP contribution in [0.3, 0.4) is 0 Å². The van der Waals surface area contributed by atoms with Crippen LogP contribution in [0.5, 0.6) is 0 Å². The van der Waals surface area contributed by atoms with Crippen molar-refractivity contribution in [2.75, 3.05) is 19.6 Å². The summed E-state index contributed by atoms with van der Waals surface area (Å²) in [7, 11) is 0. The summed E-state index contributed by atoms with van der Waals surface area (Å²) >= 11 is 0. The molecule has 1 aliphatic heterocycles. The van der Waals surface area contributed by atoms with Crippen molar-refractivity contribution in [2.45, 2.75) is 25.7 Å². The van der Waals surface area contributed by atoms with E-state index < -0.39 is 0 Å². The molecule has 15 heavy (non-hydrogen) atoms. The van der Waals surface area contributed by atoms with Crippen LogP contribution in [0, 0.1) is 0 Å². The maximum Gasteiger partial charge on any atom is 0.199 e. The Morgan fingerprint density at radius 2 is 2.60 bits per heavy atom. The van der Waals surface area contributed by atoms with Crippen molar-refractivity contribution in [2.24, 2.45) is 0 Å². The average molecular weight is 208 g/mol. The summed E-state index contributed by atoms with van der Waals surface area (Å²) in [6, 6.07) is 0. The molecule has 1 aromatic heterocycles. The van der Waals surface area contributed by atoms with Crippen molar-refractivity contribution in [1.29, 1.82) is 0 Å². The zero-order valence-corrected chi connectivity index (χ0v) is 8.98. The average Bonchev–Trinajstić information content (AvgIpc) is 2.78. The molecule has 1 aromatic rings. The van der Waals surface area contributed by atoms with Crippen LogP contribution in [0.25, 0.3) is 0 Å². The maximum absolute atomic E-state index is 10.5. The zero-order valence-electron chi connectivity index (χ0n) is 8.98. The number of oxazole rings is 1. The Bertz CT molecular complexity index is 335. The standard InChI is InChI=1S/C11H16N2O2/c1-2-13-5-3-4-9(6-13)11-12-10(7-14)8-15-11/h7-9H,2-6H2,1H3. The lowest BCUT2D eigenvalue weighted by Crippen LogP contribution is -2.34. The first-order valence-electron chi connectivity index (χ1n) is 5.46. The molecule has 4 nitrogen and oxygen atoms in total.